The van der Waals surface area contributed by atoms with Gasteiger partial charge in [-0.05, 0) is 32.8 Å². The third kappa shape index (κ3) is 3.65. The van der Waals surface area contributed by atoms with E-state index in [4.69, 9.17) is 9.15 Å². The number of rotatable bonds is 3. The fraction of sp³-hybridized carbons (Fsp3) is 0.625. The van der Waals surface area contributed by atoms with Gasteiger partial charge < -0.3 is 14.5 Å². The number of nitrogens with one attached hydrogen (secondary N) is 1. The molecule has 0 unspecified atom stereocenters. The van der Waals surface area contributed by atoms with E-state index in [1.807, 2.05) is 19.9 Å². The Morgan fingerprint density at radius 2 is 1.95 bits per heavy atom. The van der Waals surface area contributed by atoms with Crippen molar-refractivity contribution in [2.24, 2.45) is 5.92 Å². The molecular weight excluding hydrogens is 270 g/mol. The van der Waals surface area contributed by atoms with E-state index < -0.39 is 0 Å². The van der Waals surface area contributed by atoms with Crippen LogP contribution >= 0.6 is 0 Å². The number of amides is 1. The van der Waals surface area contributed by atoms with E-state index in [0.717, 1.165) is 37.7 Å². The zero-order chi connectivity index (χ0) is 15.4. The number of carbonyl (C=O) groups is 2. The molecule has 1 saturated carbocycles. The second-order valence-electron chi connectivity index (χ2n) is 5.72. The Balaban J connectivity index is 2.12. The van der Waals surface area contributed by atoms with Gasteiger partial charge in [-0.15, -0.1) is 0 Å². The van der Waals surface area contributed by atoms with Crippen molar-refractivity contribution < 1.29 is 18.7 Å². The summed E-state index contributed by atoms with van der Waals surface area (Å²) < 4.78 is 10.3. The van der Waals surface area contributed by atoms with Crippen LogP contribution in [-0.2, 0) is 9.53 Å². The Labute approximate surface area is 125 Å². The van der Waals surface area contributed by atoms with E-state index in [0.29, 0.717) is 11.5 Å². The molecule has 1 aromatic rings. The maximum atomic E-state index is 12.4. The Morgan fingerprint density at radius 3 is 2.57 bits per heavy atom. The molecule has 0 spiro atoms. The quantitative estimate of drug-likeness (QED) is 0.687. The zero-order valence-electron chi connectivity index (χ0n) is 12.9. The topological polar surface area (TPSA) is 68.5 Å². The fourth-order valence-electron chi connectivity index (χ4n) is 3.01. The number of methoxy groups -OCH3 is 1. The van der Waals surface area contributed by atoms with Gasteiger partial charge in [0, 0.05) is 11.6 Å². The first-order valence-electron chi connectivity index (χ1n) is 7.48. The minimum atomic E-state index is -0.266. The fourth-order valence-corrected chi connectivity index (χ4v) is 3.01. The van der Waals surface area contributed by atoms with Gasteiger partial charge in [-0.25, -0.2) is 0 Å². The monoisotopic (exact) mass is 293 g/mol. The number of furan rings is 1. The highest BCUT2D eigenvalue weighted by Crippen LogP contribution is 2.25. The zero-order valence-corrected chi connectivity index (χ0v) is 12.9. The van der Waals surface area contributed by atoms with Gasteiger partial charge in [-0.2, -0.15) is 0 Å². The van der Waals surface area contributed by atoms with Crippen molar-refractivity contribution in [3.05, 3.63) is 23.2 Å². The summed E-state index contributed by atoms with van der Waals surface area (Å²) in [4.78, 5) is 24.3. The van der Waals surface area contributed by atoms with Crippen molar-refractivity contribution in [2.75, 3.05) is 7.11 Å². The summed E-state index contributed by atoms with van der Waals surface area (Å²) in [6.07, 6.45) is 4.64. The lowest BCUT2D eigenvalue weighted by molar-refractivity contribution is -0.146. The van der Waals surface area contributed by atoms with Gasteiger partial charge in [0.1, 0.15) is 5.76 Å². The average molecular weight is 293 g/mol. The van der Waals surface area contributed by atoms with Crippen LogP contribution in [0, 0.1) is 19.8 Å². The molecule has 1 fully saturated rings. The molecule has 0 saturated heterocycles. The lowest BCUT2D eigenvalue weighted by Crippen LogP contribution is -2.43. The second-order valence-corrected chi connectivity index (χ2v) is 5.72. The predicted molar refractivity (Wildman–Crippen MR) is 78.0 cm³/mol. The van der Waals surface area contributed by atoms with Crippen molar-refractivity contribution >= 4 is 11.9 Å². The lowest BCUT2D eigenvalue weighted by Gasteiger charge is -2.23. The lowest BCUT2D eigenvalue weighted by atomic mass is 9.94. The maximum Gasteiger partial charge on any atom is 0.310 e. The molecule has 1 aliphatic carbocycles. The molecule has 1 aliphatic rings. The average Bonchev–Trinajstić information content (AvgIpc) is 2.65. The summed E-state index contributed by atoms with van der Waals surface area (Å²) >= 11 is 0. The number of hydrogen-bond acceptors (Lipinski definition) is 4. The van der Waals surface area contributed by atoms with Gasteiger partial charge in [0.15, 0.2) is 5.76 Å². The normalized spacial score (nSPS) is 22.4. The van der Waals surface area contributed by atoms with Gasteiger partial charge in [-0.3, -0.25) is 9.59 Å². The molecule has 1 heterocycles. The first kappa shape index (κ1) is 15.6. The third-order valence-corrected chi connectivity index (χ3v) is 4.08. The highest BCUT2D eigenvalue weighted by Gasteiger charge is 2.32. The molecule has 1 amide bonds. The minimum Gasteiger partial charge on any atom is -0.469 e. The molecule has 2 rings (SSSR count). The number of esters is 1. The van der Waals surface area contributed by atoms with Gasteiger partial charge >= 0.3 is 5.97 Å². The van der Waals surface area contributed by atoms with E-state index in [-0.39, 0.29) is 23.8 Å². The Bertz CT molecular complexity index is 520. The van der Waals surface area contributed by atoms with Crippen molar-refractivity contribution in [2.45, 2.75) is 52.0 Å². The Kier molecular flexibility index (Phi) is 5.04. The molecule has 21 heavy (non-hydrogen) atoms. The van der Waals surface area contributed by atoms with Crippen LogP contribution in [0.4, 0.5) is 0 Å². The van der Waals surface area contributed by atoms with E-state index in [9.17, 15) is 9.59 Å². The molecule has 0 radical (unpaired) electrons. The molecule has 0 aliphatic heterocycles. The maximum absolute atomic E-state index is 12.4. The molecular formula is C16H23NO4. The smallest absolute Gasteiger partial charge is 0.310 e. The van der Waals surface area contributed by atoms with Crippen LogP contribution in [0.1, 0.15) is 54.0 Å². The first-order chi connectivity index (χ1) is 10.0. The SMILES string of the molecule is COC(=O)[C@H]1CCCCC[C@@H]1NC(=O)c1oc(C)cc1C. The minimum absolute atomic E-state index is 0.183. The molecule has 5 heteroatoms. The van der Waals surface area contributed by atoms with Crippen molar-refractivity contribution in [3.8, 4) is 0 Å². The first-order valence-corrected chi connectivity index (χ1v) is 7.48. The standard InChI is InChI=1S/C16H23NO4/c1-10-9-11(2)21-14(10)15(18)17-13-8-6-4-5-7-12(13)16(19)20-3/h9,12-13H,4-8H2,1-3H3,(H,17,18)/t12-,13-/m0/s1. The number of hydrogen-bond donors (Lipinski definition) is 1. The third-order valence-electron chi connectivity index (χ3n) is 4.08. The van der Waals surface area contributed by atoms with Crippen molar-refractivity contribution in [1.82, 2.24) is 5.32 Å². The van der Waals surface area contributed by atoms with E-state index in [1.165, 1.54) is 7.11 Å². The van der Waals surface area contributed by atoms with Crippen LogP contribution in [0.3, 0.4) is 0 Å². The van der Waals surface area contributed by atoms with Crippen molar-refractivity contribution in [1.29, 1.82) is 0 Å². The number of aryl methyl sites for hydroxylation is 2. The summed E-state index contributed by atoms with van der Waals surface area (Å²) in [5.41, 5.74) is 0.813. The van der Waals surface area contributed by atoms with Crippen molar-refractivity contribution in [3.63, 3.8) is 0 Å². The molecule has 116 valence electrons. The summed E-state index contributed by atoms with van der Waals surface area (Å²) in [6, 6.07) is 1.65. The molecule has 0 bridgehead atoms. The summed E-state index contributed by atoms with van der Waals surface area (Å²) in [5.74, 6) is 0.289. The molecule has 1 aromatic heterocycles. The Morgan fingerprint density at radius 1 is 1.24 bits per heavy atom. The largest absolute Gasteiger partial charge is 0.469 e. The van der Waals surface area contributed by atoms with E-state index in [1.54, 1.807) is 0 Å². The van der Waals surface area contributed by atoms with Gasteiger partial charge in [0.05, 0.1) is 13.0 Å². The highest BCUT2D eigenvalue weighted by molar-refractivity contribution is 5.93. The predicted octanol–water partition coefficient (Wildman–Crippen LogP) is 2.75. The van der Waals surface area contributed by atoms with Gasteiger partial charge in [-0.1, -0.05) is 19.3 Å². The summed E-state index contributed by atoms with van der Waals surface area (Å²) in [5, 5.41) is 2.96. The van der Waals surface area contributed by atoms with E-state index >= 15 is 0 Å². The highest BCUT2D eigenvalue weighted by atomic mass is 16.5. The number of ether oxygens (including phenoxy) is 1. The van der Waals surface area contributed by atoms with Crippen LogP contribution in [0.15, 0.2) is 10.5 Å². The van der Waals surface area contributed by atoms with Crippen LogP contribution in [-0.4, -0.2) is 25.0 Å². The molecule has 1 N–H and O–H groups in total. The molecule has 5 nitrogen and oxygen atoms in total. The van der Waals surface area contributed by atoms with Crippen LogP contribution < -0.4 is 5.32 Å². The van der Waals surface area contributed by atoms with Gasteiger partial charge in [0.2, 0.25) is 0 Å². The van der Waals surface area contributed by atoms with Crippen LogP contribution in [0.25, 0.3) is 0 Å². The number of carbonyl (C=O) groups excluding carboxylic acids is 2. The summed E-state index contributed by atoms with van der Waals surface area (Å²) in [7, 11) is 1.39. The van der Waals surface area contributed by atoms with E-state index in [2.05, 4.69) is 5.32 Å². The molecule has 0 aromatic carbocycles. The Hall–Kier alpha value is -1.78. The summed E-state index contributed by atoms with van der Waals surface area (Å²) in [6.45, 7) is 3.66. The van der Waals surface area contributed by atoms with Crippen LogP contribution in [0.5, 0.6) is 0 Å². The second kappa shape index (κ2) is 6.78. The van der Waals surface area contributed by atoms with Gasteiger partial charge in [0.25, 0.3) is 5.91 Å². The van der Waals surface area contributed by atoms with Crippen LogP contribution in [0.2, 0.25) is 0 Å². The molecule has 2 atom stereocenters.